The Kier molecular flexibility index (Phi) is 2.56. The van der Waals surface area contributed by atoms with Crippen LogP contribution in [0.3, 0.4) is 0 Å². The first-order valence-electron chi connectivity index (χ1n) is 7.86. The molecule has 5 rings (SSSR count). The van der Waals surface area contributed by atoms with E-state index in [0.717, 1.165) is 46.0 Å². The van der Waals surface area contributed by atoms with Crippen molar-refractivity contribution in [2.45, 2.75) is 12.8 Å². The van der Waals surface area contributed by atoms with Crippen LogP contribution in [0, 0.1) is 5.92 Å². The third kappa shape index (κ3) is 1.94. The van der Waals surface area contributed by atoms with Crippen LogP contribution in [0.25, 0.3) is 27.5 Å². The molecule has 1 aliphatic carbocycles. The topological polar surface area (TPSA) is 74.8 Å². The Morgan fingerprint density at radius 3 is 3.04 bits per heavy atom. The van der Waals surface area contributed by atoms with Gasteiger partial charge in [0.2, 0.25) is 5.91 Å². The molecule has 1 saturated carbocycles. The van der Waals surface area contributed by atoms with E-state index in [1.165, 1.54) is 0 Å². The van der Waals surface area contributed by atoms with Crippen molar-refractivity contribution in [2.24, 2.45) is 5.92 Å². The molecule has 4 heterocycles. The lowest BCUT2D eigenvalue weighted by Gasteiger charge is -2.16. The zero-order chi connectivity index (χ0) is 15.4. The largest absolute Gasteiger partial charge is 0.346 e. The van der Waals surface area contributed by atoms with Crippen molar-refractivity contribution >= 4 is 33.4 Å². The van der Waals surface area contributed by atoms with Gasteiger partial charge in [0.05, 0.1) is 17.4 Å². The molecule has 6 heteroatoms. The average Bonchev–Trinajstić information content (AvgIpc) is 3.12. The molecule has 1 aliphatic heterocycles. The number of carbonyl (C=O) groups is 1. The second-order valence-electron chi connectivity index (χ2n) is 6.20. The van der Waals surface area contributed by atoms with E-state index in [1.54, 1.807) is 12.5 Å². The van der Waals surface area contributed by atoms with Gasteiger partial charge in [-0.15, -0.1) is 0 Å². The number of pyridine rings is 1. The van der Waals surface area contributed by atoms with Gasteiger partial charge in [-0.05, 0) is 24.5 Å². The first-order valence-corrected chi connectivity index (χ1v) is 7.86. The maximum atomic E-state index is 12.3. The molecule has 3 aromatic rings. The zero-order valence-electron chi connectivity index (χ0n) is 12.5. The average molecular weight is 305 g/mol. The minimum absolute atomic E-state index is 0.255. The van der Waals surface area contributed by atoms with Crippen LogP contribution in [0.2, 0.25) is 0 Å². The lowest BCUT2D eigenvalue weighted by molar-refractivity contribution is -0.131. The highest BCUT2D eigenvalue weighted by atomic mass is 16.2. The minimum Gasteiger partial charge on any atom is -0.346 e. The highest BCUT2D eigenvalue weighted by molar-refractivity contribution is 6.08. The Bertz CT molecular complexity index is 969. The van der Waals surface area contributed by atoms with Crippen molar-refractivity contribution in [2.75, 3.05) is 13.1 Å². The van der Waals surface area contributed by atoms with E-state index in [1.807, 2.05) is 17.2 Å². The predicted molar refractivity (Wildman–Crippen MR) is 86.5 cm³/mol. The van der Waals surface area contributed by atoms with Gasteiger partial charge in [-0.2, -0.15) is 0 Å². The van der Waals surface area contributed by atoms with Gasteiger partial charge in [-0.25, -0.2) is 15.0 Å². The molecular formula is C17H15N5O. The summed E-state index contributed by atoms with van der Waals surface area (Å²) in [5.74, 6) is 0.536. The van der Waals surface area contributed by atoms with Crippen LogP contribution in [0.5, 0.6) is 0 Å². The number of hydrogen-bond acceptors (Lipinski definition) is 4. The van der Waals surface area contributed by atoms with Gasteiger partial charge in [-0.1, -0.05) is 6.08 Å². The zero-order valence-corrected chi connectivity index (χ0v) is 12.5. The Balaban J connectivity index is 1.60. The quantitative estimate of drug-likeness (QED) is 0.787. The van der Waals surface area contributed by atoms with Crippen molar-refractivity contribution in [1.82, 2.24) is 24.8 Å². The van der Waals surface area contributed by atoms with Crippen LogP contribution >= 0.6 is 0 Å². The number of fused-ring (bicyclic) bond motifs is 3. The highest BCUT2D eigenvalue weighted by Crippen LogP contribution is 2.34. The maximum Gasteiger partial charge on any atom is 0.226 e. The number of aromatic amines is 1. The van der Waals surface area contributed by atoms with Crippen LogP contribution in [0.1, 0.15) is 18.5 Å². The predicted octanol–water partition coefficient (Wildman–Crippen LogP) is 2.14. The SMILES string of the molecule is O=C(C1CC1)N1CC=C(c2ncnc3cnc4[nH]ccc4c23)C1. The Morgan fingerprint density at radius 2 is 2.17 bits per heavy atom. The lowest BCUT2D eigenvalue weighted by atomic mass is 10.1. The monoisotopic (exact) mass is 305 g/mol. The van der Waals surface area contributed by atoms with Crippen LogP contribution in [0.4, 0.5) is 0 Å². The molecule has 1 amide bonds. The molecule has 6 nitrogen and oxygen atoms in total. The van der Waals surface area contributed by atoms with Crippen LogP contribution in [-0.2, 0) is 4.79 Å². The third-order valence-electron chi connectivity index (χ3n) is 4.65. The van der Waals surface area contributed by atoms with Crippen LogP contribution < -0.4 is 0 Å². The fraction of sp³-hybridized carbons (Fsp3) is 0.294. The normalized spacial score (nSPS) is 17.9. The summed E-state index contributed by atoms with van der Waals surface area (Å²) in [5.41, 5.74) is 3.67. The van der Waals surface area contributed by atoms with Crippen molar-refractivity contribution in [3.05, 3.63) is 36.6 Å². The Hall–Kier alpha value is -2.76. The van der Waals surface area contributed by atoms with E-state index in [-0.39, 0.29) is 11.8 Å². The van der Waals surface area contributed by atoms with Crippen molar-refractivity contribution in [3.8, 4) is 0 Å². The molecule has 0 atom stereocenters. The van der Waals surface area contributed by atoms with E-state index < -0.39 is 0 Å². The van der Waals surface area contributed by atoms with Gasteiger partial charge in [0.1, 0.15) is 12.0 Å². The molecule has 23 heavy (non-hydrogen) atoms. The first-order chi connectivity index (χ1) is 11.3. The molecule has 0 spiro atoms. The molecule has 0 radical (unpaired) electrons. The van der Waals surface area contributed by atoms with E-state index in [4.69, 9.17) is 0 Å². The van der Waals surface area contributed by atoms with Crippen molar-refractivity contribution in [1.29, 1.82) is 0 Å². The third-order valence-corrected chi connectivity index (χ3v) is 4.65. The van der Waals surface area contributed by atoms with E-state index in [9.17, 15) is 4.79 Å². The number of H-pyrrole nitrogens is 1. The number of rotatable bonds is 2. The molecule has 2 aliphatic rings. The molecule has 1 fully saturated rings. The number of nitrogens with one attached hydrogen (secondary N) is 1. The Morgan fingerprint density at radius 1 is 1.26 bits per heavy atom. The molecule has 0 unspecified atom stereocenters. The molecular weight excluding hydrogens is 290 g/mol. The lowest BCUT2D eigenvalue weighted by Crippen LogP contribution is -2.30. The molecule has 0 bridgehead atoms. The van der Waals surface area contributed by atoms with Crippen LogP contribution in [-0.4, -0.2) is 43.8 Å². The summed E-state index contributed by atoms with van der Waals surface area (Å²) in [4.78, 5) is 30.6. The fourth-order valence-electron chi connectivity index (χ4n) is 3.28. The summed E-state index contributed by atoms with van der Waals surface area (Å²) in [6.45, 7) is 1.31. The molecule has 114 valence electrons. The summed E-state index contributed by atoms with van der Waals surface area (Å²) in [7, 11) is 0. The van der Waals surface area contributed by atoms with E-state index in [2.05, 4.69) is 26.0 Å². The number of hydrogen-bond donors (Lipinski definition) is 1. The Labute approximate surface area is 132 Å². The van der Waals surface area contributed by atoms with Crippen molar-refractivity contribution in [3.63, 3.8) is 0 Å². The maximum absolute atomic E-state index is 12.3. The van der Waals surface area contributed by atoms with E-state index in [0.29, 0.717) is 13.1 Å². The second kappa shape index (κ2) is 4.62. The summed E-state index contributed by atoms with van der Waals surface area (Å²) in [5, 5.41) is 2.02. The number of aromatic nitrogens is 4. The molecule has 1 N–H and O–H groups in total. The van der Waals surface area contributed by atoms with Gasteiger partial charge in [-0.3, -0.25) is 4.79 Å². The summed E-state index contributed by atoms with van der Waals surface area (Å²) < 4.78 is 0. The number of carbonyl (C=O) groups excluding carboxylic acids is 1. The standard InChI is InChI=1S/C17H15N5O/c23-17(10-1-2-10)22-6-4-11(8-22)15-14-12-3-5-18-16(12)19-7-13(14)20-9-21-15/h3-5,7,9-10H,1-2,6,8H2,(H,18,19). The molecule has 0 aromatic carbocycles. The fourth-order valence-corrected chi connectivity index (χ4v) is 3.28. The first kappa shape index (κ1) is 12.8. The summed E-state index contributed by atoms with van der Waals surface area (Å²) in [6, 6.07) is 2.00. The van der Waals surface area contributed by atoms with Gasteiger partial charge in [0.15, 0.2) is 0 Å². The highest BCUT2D eigenvalue weighted by Gasteiger charge is 2.35. The molecule has 0 saturated heterocycles. The van der Waals surface area contributed by atoms with E-state index >= 15 is 0 Å². The summed E-state index contributed by atoms with van der Waals surface area (Å²) in [6.07, 6.45) is 9.40. The summed E-state index contributed by atoms with van der Waals surface area (Å²) >= 11 is 0. The van der Waals surface area contributed by atoms with Gasteiger partial charge in [0.25, 0.3) is 0 Å². The second-order valence-corrected chi connectivity index (χ2v) is 6.20. The van der Waals surface area contributed by atoms with Crippen LogP contribution in [0.15, 0.2) is 30.9 Å². The number of amides is 1. The van der Waals surface area contributed by atoms with Crippen molar-refractivity contribution < 1.29 is 4.79 Å². The van der Waals surface area contributed by atoms with Gasteiger partial charge < -0.3 is 9.88 Å². The smallest absolute Gasteiger partial charge is 0.226 e. The number of nitrogens with zero attached hydrogens (tertiary/aromatic N) is 4. The van der Waals surface area contributed by atoms with Gasteiger partial charge >= 0.3 is 0 Å². The van der Waals surface area contributed by atoms with Gasteiger partial charge in [0, 0.05) is 36.0 Å². The molecule has 3 aromatic heterocycles. The minimum atomic E-state index is 0.255.